The summed E-state index contributed by atoms with van der Waals surface area (Å²) >= 11 is 0. The van der Waals surface area contributed by atoms with Crippen molar-refractivity contribution in [3.05, 3.63) is 23.8 Å². The van der Waals surface area contributed by atoms with Crippen molar-refractivity contribution in [1.82, 2.24) is 14.9 Å². The van der Waals surface area contributed by atoms with Gasteiger partial charge in [0.2, 0.25) is 0 Å². The van der Waals surface area contributed by atoms with E-state index in [2.05, 4.69) is 21.7 Å². The Labute approximate surface area is 124 Å². The molecule has 2 rings (SSSR count). The Balaban J connectivity index is 2.13. The zero-order valence-electron chi connectivity index (χ0n) is 12.4. The molecule has 2 atom stereocenters. The number of nitrogens with two attached hydrogens (primary N) is 1. The predicted molar refractivity (Wildman–Crippen MR) is 80.5 cm³/mol. The van der Waals surface area contributed by atoms with Crippen LogP contribution in [0.1, 0.15) is 13.3 Å². The Morgan fingerprint density at radius 1 is 1.62 bits per heavy atom. The number of likely N-dealkylation sites (N-methyl/N-ethyl adjacent to an activating group) is 1. The minimum atomic E-state index is -0.0995. The van der Waals surface area contributed by atoms with Crippen LogP contribution in [0.5, 0.6) is 0 Å². The standard InChI is InChI=1S/C14H20N6O/c1-10-4-5-20(14(21)7-16-2)8-11(10)19(3)13-6-12(15)17-9-18-13/h6,9-11H,4-5,7-8H2,1,3H3,(H2,15,17,18)/t10-,11+/m1/s1. The number of nitrogens with zero attached hydrogens (tertiary/aromatic N) is 5. The molecule has 0 aliphatic carbocycles. The molecule has 1 amide bonds. The average molecular weight is 288 g/mol. The molecule has 0 aromatic carbocycles. The number of likely N-dealkylation sites (tertiary alicyclic amines) is 1. The van der Waals surface area contributed by atoms with Crippen molar-refractivity contribution in [3.8, 4) is 0 Å². The number of hydrogen-bond acceptors (Lipinski definition) is 5. The molecule has 2 N–H and O–H groups in total. The second-order valence-electron chi connectivity index (χ2n) is 5.40. The van der Waals surface area contributed by atoms with Gasteiger partial charge in [0.1, 0.15) is 18.0 Å². The zero-order valence-corrected chi connectivity index (χ0v) is 12.4. The Hall–Kier alpha value is -2.36. The van der Waals surface area contributed by atoms with E-state index in [0.29, 0.717) is 24.8 Å². The molecular weight excluding hydrogens is 268 g/mol. The maximum atomic E-state index is 11.9. The van der Waals surface area contributed by atoms with E-state index >= 15 is 0 Å². The monoisotopic (exact) mass is 288 g/mol. The summed E-state index contributed by atoms with van der Waals surface area (Å²) in [4.78, 5) is 27.0. The van der Waals surface area contributed by atoms with Crippen molar-refractivity contribution in [3.63, 3.8) is 0 Å². The Bertz CT molecular complexity index is 555. The zero-order chi connectivity index (χ0) is 15.4. The summed E-state index contributed by atoms with van der Waals surface area (Å²) in [6.45, 7) is 10.2. The normalized spacial score (nSPS) is 21.7. The number of carbonyl (C=O) groups is 1. The van der Waals surface area contributed by atoms with Crippen LogP contribution in [-0.4, -0.2) is 53.5 Å². The molecule has 1 saturated heterocycles. The molecule has 0 saturated carbocycles. The van der Waals surface area contributed by atoms with Gasteiger partial charge in [-0.15, -0.1) is 0 Å². The highest BCUT2D eigenvalue weighted by molar-refractivity contribution is 5.79. The highest BCUT2D eigenvalue weighted by Crippen LogP contribution is 2.25. The van der Waals surface area contributed by atoms with Gasteiger partial charge in [-0.25, -0.2) is 16.5 Å². The van der Waals surface area contributed by atoms with Gasteiger partial charge in [-0.05, 0) is 12.3 Å². The van der Waals surface area contributed by atoms with Crippen molar-refractivity contribution >= 4 is 17.5 Å². The fourth-order valence-electron chi connectivity index (χ4n) is 2.67. The largest absolute Gasteiger partial charge is 0.384 e. The summed E-state index contributed by atoms with van der Waals surface area (Å²) < 4.78 is 0. The topological polar surface area (TPSA) is 79.7 Å². The van der Waals surface area contributed by atoms with E-state index in [1.807, 2.05) is 11.9 Å². The maximum Gasteiger partial charge on any atom is 0.302 e. The Morgan fingerprint density at radius 3 is 3.05 bits per heavy atom. The first kappa shape index (κ1) is 15.0. The van der Waals surface area contributed by atoms with Gasteiger partial charge >= 0.3 is 5.91 Å². The minimum absolute atomic E-state index is 0.0781. The minimum Gasteiger partial charge on any atom is -0.384 e. The summed E-state index contributed by atoms with van der Waals surface area (Å²) in [5, 5.41) is 0. The SMILES string of the molecule is [C-]#[N+]CC(=O)N1CC[C@@H](C)[C@@H](N(C)c2cc(N)ncn2)C1. The first-order valence-corrected chi connectivity index (χ1v) is 6.94. The van der Waals surface area contributed by atoms with Gasteiger partial charge in [0.05, 0.1) is 6.04 Å². The van der Waals surface area contributed by atoms with Crippen LogP contribution >= 0.6 is 0 Å². The highest BCUT2D eigenvalue weighted by Gasteiger charge is 2.32. The number of anilines is 2. The van der Waals surface area contributed by atoms with Crippen molar-refractivity contribution in [1.29, 1.82) is 0 Å². The quantitative estimate of drug-likeness (QED) is 0.826. The predicted octanol–water partition coefficient (Wildman–Crippen LogP) is 0.651. The van der Waals surface area contributed by atoms with Crippen LogP contribution in [0.4, 0.5) is 11.6 Å². The highest BCUT2D eigenvalue weighted by atomic mass is 16.2. The summed E-state index contributed by atoms with van der Waals surface area (Å²) in [6, 6.07) is 1.88. The molecule has 0 bridgehead atoms. The van der Waals surface area contributed by atoms with Gasteiger partial charge < -0.3 is 20.4 Å². The molecule has 1 aliphatic rings. The number of hydrogen-bond donors (Lipinski definition) is 1. The molecule has 0 unspecified atom stereocenters. The van der Waals surface area contributed by atoms with Gasteiger partial charge in [-0.3, -0.25) is 4.79 Å². The second kappa shape index (κ2) is 6.39. The van der Waals surface area contributed by atoms with Crippen LogP contribution < -0.4 is 10.6 Å². The van der Waals surface area contributed by atoms with Gasteiger partial charge in [0, 0.05) is 26.2 Å². The van der Waals surface area contributed by atoms with Crippen LogP contribution in [0.3, 0.4) is 0 Å². The van der Waals surface area contributed by atoms with Crippen molar-refractivity contribution in [2.24, 2.45) is 5.92 Å². The van der Waals surface area contributed by atoms with Gasteiger partial charge in [-0.1, -0.05) is 6.92 Å². The van der Waals surface area contributed by atoms with Crippen molar-refractivity contribution in [2.45, 2.75) is 19.4 Å². The van der Waals surface area contributed by atoms with Crippen LogP contribution in [0.25, 0.3) is 4.85 Å². The van der Waals surface area contributed by atoms with Crippen molar-refractivity contribution in [2.75, 3.05) is 37.3 Å². The third kappa shape index (κ3) is 3.40. The number of amides is 1. The van der Waals surface area contributed by atoms with Crippen LogP contribution in [0.2, 0.25) is 0 Å². The average Bonchev–Trinajstić information content (AvgIpc) is 2.47. The molecule has 0 spiro atoms. The molecule has 21 heavy (non-hydrogen) atoms. The van der Waals surface area contributed by atoms with E-state index in [1.54, 1.807) is 11.0 Å². The lowest BCUT2D eigenvalue weighted by atomic mass is 9.92. The molecule has 1 aromatic heterocycles. The summed E-state index contributed by atoms with van der Waals surface area (Å²) in [5.41, 5.74) is 5.70. The molecular formula is C14H20N6O. The lowest BCUT2D eigenvalue weighted by Crippen LogP contribution is -2.53. The van der Waals surface area contributed by atoms with E-state index in [9.17, 15) is 4.79 Å². The third-order valence-corrected chi connectivity index (χ3v) is 4.02. The van der Waals surface area contributed by atoms with E-state index in [-0.39, 0.29) is 18.5 Å². The molecule has 2 heterocycles. The fourth-order valence-corrected chi connectivity index (χ4v) is 2.67. The molecule has 7 heteroatoms. The number of piperidine rings is 1. The molecule has 1 aromatic rings. The van der Waals surface area contributed by atoms with Crippen LogP contribution in [-0.2, 0) is 4.79 Å². The van der Waals surface area contributed by atoms with Crippen LogP contribution in [0.15, 0.2) is 12.4 Å². The molecule has 0 radical (unpaired) electrons. The van der Waals surface area contributed by atoms with Gasteiger partial charge in [-0.2, -0.15) is 0 Å². The number of rotatable bonds is 3. The smallest absolute Gasteiger partial charge is 0.302 e. The van der Waals surface area contributed by atoms with Gasteiger partial charge in [0.15, 0.2) is 0 Å². The number of aromatic nitrogens is 2. The maximum absolute atomic E-state index is 11.9. The molecule has 1 aliphatic heterocycles. The van der Waals surface area contributed by atoms with E-state index in [0.717, 1.165) is 12.2 Å². The lowest BCUT2D eigenvalue weighted by molar-refractivity contribution is -0.130. The third-order valence-electron chi connectivity index (χ3n) is 4.02. The van der Waals surface area contributed by atoms with E-state index in [1.165, 1.54) is 6.33 Å². The number of nitrogen functional groups attached to an aromatic ring is 1. The van der Waals surface area contributed by atoms with E-state index in [4.69, 9.17) is 12.3 Å². The van der Waals surface area contributed by atoms with E-state index < -0.39 is 0 Å². The van der Waals surface area contributed by atoms with Crippen LogP contribution in [0, 0.1) is 12.5 Å². The summed E-state index contributed by atoms with van der Waals surface area (Å²) in [6.07, 6.45) is 2.36. The Morgan fingerprint density at radius 2 is 2.38 bits per heavy atom. The summed E-state index contributed by atoms with van der Waals surface area (Å²) in [7, 11) is 1.95. The summed E-state index contributed by atoms with van der Waals surface area (Å²) in [5.74, 6) is 1.51. The second-order valence-corrected chi connectivity index (χ2v) is 5.40. The first-order valence-electron chi connectivity index (χ1n) is 6.94. The molecule has 112 valence electrons. The number of carbonyl (C=O) groups excluding carboxylic acids is 1. The molecule has 1 fully saturated rings. The van der Waals surface area contributed by atoms with Gasteiger partial charge in [0.25, 0.3) is 6.54 Å². The first-order chi connectivity index (χ1) is 10.0. The van der Waals surface area contributed by atoms with Crippen molar-refractivity contribution < 1.29 is 4.79 Å². The molecule has 7 nitrogen and oxygen atoms in total. The Kier molecular flexibility index (Phi) is 4.58. The lowest BCUT2D eigenvalue weighted by Gasteiger charge is -2.41. The fraction of sp³-hybridized carbons (Fsp3) is 0.571.